The predicted molar refractivity (Wildman–Crippen MR) is 270 cm³/mol. The van der Waals surface area contributed by atoms with Crippen LogP contribution in [0.4, 0.5) is 0 Å². The van der Waals surface area contributed by atoms with Gasteiger partial charge in [-0.25, -0.2) is 0 Å². The van der Waals surface area contributed by atoms with Gasteiger partial charge in [-0.3, -0.25) is 14.4 Å². The maximum Gasteiger partial charge on any atom is 0.306 e. The molecule has 362 valence electrons. The maximum absolute atomic E-state index is 12.8. The van der Waals surface area contributed by atoms with Crippen molar-refractivity contribution in [2.75, 3.05) is 13.2 Å². The molecule has 0 N–H and O–H groups in total. The Morgan fingerprint density at radius 3 is 1.03 bits per heavy atom. The van der Waals surface area contributed by atoms with E-state index in [9.17, 15) is 14.4 Å². The second-order valence-corrected chi connectivity index (χ2v) is 17.4. The van der Waals surface area contributed by atoms with Gasteiger partial charge in [0.1, 0.15) is 13.2 Å². The van der Waals surface area contributed by atoms with E-state index in [2.05, 4.69) is 93.7 Å². The summed E-state index contributed by atoms with van der Waals surface area (Å²) in [6, 6.07) is 0. The van der Waals surface area contributed by atoms with Gasteiger partial charge in [0.05, 0.1) is 0 Å². The van der Waals surface area contributed by atoms with Crippen molar-refractivity contribution in [1.82, 2.24) is 0 Å². The van der Waals surface area contributed by atoms with Crippen molar-refractivity contribution in [2.24, 2.45) is 0 Å². The number of carbonyl (C=O) groups excluding carboxylic acids is 3. The first kappa shape index (κ1) is 59.9. The Hall–Kier alpha value is -3.15. The van der Waals surface area contributed by atoms with Crippen molar-refractivity contribution >= 4 is 17.9 Å². The van der Waals surface area contributed by atoms with Gasteiger partial charge in [-0.05, 0) is 89.9 Å². The molecule has 0 saturated carbocycles. The lowest BCUT2D eigenvalue weighted by atomic mass is 10.0. The van der Waals surface area contributed by atoms with Gasteiger partial charge in [0.15, 0.2) is 6.10 Å². The van der Waals surface area contributed by atoms with E-state index < -0.39 is 6.10 Å². The highest BCUT2D eigenvalue weighted by molar-refractivity contribution is 5.71. The molecule has 0 amide bonds. The zero-order valence-corrected chi connectivity index (χ0v) is 41.3. The van der Waals surface area contributed by atoms with Crippen LogP contribution in [-0.2, 0) is 28.6 Å². The average molecular weight is 879 g/mol. The lowest BCUT2D eigenvalue weighted by molar-refractivity contribution is -0.167. The van der Waals surface area contributed by atoms with Crippen LogP contribution in [0.1, 0.15) is 252 Å². The number of allylic oxidation sites excluding steroid dienone is 12. The molecule has 0 unspecified atom stereocenters. The summed E-state index contributed by atoms with van der Waals surface area (Å²) in [4.78, 5) is 38.0. The van der Waals surface area contributed by atoms with E-state index in [1.165, 1.54) is 116 Å². The van der Waals surface area contributed by atoms with Gasteiger partial charge < -0.3 is 14.2 Å². The van der Waals surface area contributed by atoms with Crippen molar-refractivity contribution < 1.29 is 28.6 Å². The van der Waals surface area contributed by atoms with E-state index >= 15 is 0 Å². The van der Waals surface area contributed by atoms with Crippen LogP contribution >= 0.6 is 0 Å². The lowest BCUT2D eigenvalue weighted by Crippen LogP contribution is -2.30. The molecule has 0 aliphatic heterocycles. The Kier molecular flexibility index (Phi) is 48.9. The standard InChI is InChI=1S/C57H98O6/c1-4-7-10-13-16-19-22-25-27-28-30-32-35-38-41-44-47-50-56(59)62-53-54(52-61-55(58)49-46-43-40-37-34-31-24-21-18-15-12-9-6-3)63-57(60)51-48-45-42-39-36-33-29-26-23-20-17-14-11-8-5-2/h8,11,16-17,19-20,25-27,29,36,39,54H,4-7,9-10,12-15,18,21-24,28,30-35,37-38,40-53H2,1-3H3/b11-8-,19-16-,20-17-,27-25-,29-26-,39-36-/t54-/m0/s1. The van der Waals surface area contributed by atoms with Crippen molar-refractivity contribution in [3.8, 4) is 0 Å². The first-order chi connectivity index (χ1) is 31.0. The minimum Gasteiger partial charge on any atom is -0.462 e. The Bertz CT molecular complexity index is 1190. The molecular weight excluding hydrogens is 781 g/mol. The quantitative estimate of drug-likeness (QED) is 0.0262. The van der Waals surface area contributed by atoms with E-state index in [0.29, 0.717) is 19.3 Å². The molecule has 63 heavy (non-hydrogen) atoms. The molecular formula is C57H98O6. The summed E-state index contributed by atoms with van der Waals surface area (Å²) < 4.78 is 16.8. The van der Waals surface area contributed by atoms with Crippen molar-refractivity contribution in [1.29, 1.82) is 0 Å². The van der Waals surface area contributed by atoms with Crippen LogP contribution < -0.4 is 0 Å². The predicted octanol–water partition coefficient (Wildman–Crippen LogP) is 17.4. The molecule has 1 atom stereocenters. The van der Waals surface area contributed by atoms with Crippen LogP contribution in [0, 0.1) is 0 Å². The molecule has 0 spiro atoms. The first-order valence-electron chi connectivity index (χ1n) is 26.4. The van der Waals surface area contributed by atoms with Gasteiger partial charge in [-0.15, -0.1) is 0 Å². The van der Waals surface area contributed by atoms with Gasteiger partial charge >= 0.3 is 17.9 Å². The minimum absolute atomic E-state index is 0.0930. The molecule has 6 heteroatoms. The molecule has 0 rings (SSSR count). The van der Waals surface area contributed by atoms with Gasteiger partial charge in [-0.2, -0.15) is 0 Å². The van der Waals surface area contributed by atoms with Crippen LogP contribution in [0.5, 0.6) is 0 Å². The van der Waals surface area contributed by atoms with Crippen LogP contribution in [0.15, 0.2) is 72.9 Å². The van der Waals surface area contributed by atoms with Gasteiger partial charge in [0.25, 0.3) is 0 Å². The van der Waals surface area contributed by atoms with E-state index in [1.807, 2.05) is 0 Å². The van der Waals surface area contributed by atoms with E-state index in [-0.39, 0.29) is 37.5 Å². The third kappa shape index (κ3) is 49.7. The lowest BCUT2D eigenvalue weighted by Gasteiger charge is -2.18. The van der Waals surface area contributed by atoms with E-state index in [1.54, 1.807) is 0 Å². The third-order valence-corrected chi connectivity index (χ3v) is 11.2. The largest absolute Gasteiger partial charge is 0.462 e. The summed E-state index contributed by atoms with van der Waals surface area (Å²) >= 11 is 0. The molecule has 0 bridgehead atoms. The zero-order valence-electron chi connectivity index (χ0n) is 41.3. The molecule has 0 aliphatic carbocycles. The fourth-order valence-corrected chi connectivity index (χ4v) is 7.23. The highest BCUT2D eigenvalue weighted by atomic mass is 16.6. The van der Waals surface area contributed by atoms with Crippen LogP contribution in [-0.4, -0.2) is 37.2 Å². The second kappa shape index (κ2) is 51.5. The smallest absolute Gasteiger partial charge is 0.306 e. The van der Waals surface area contributed by atoms with Crippen molar-refractivity contribution in [2.45, 2.75) is 258 Å². The molecule has 0 heterocycles. The fraction of sp³-hybridized carbons (Fsp3) is 0.737. The van der Waals surface area contributed by atoms with Crippen LogP contribution in [0.2, 0.25) is 0 Å². The average Bonchev–Trinajstić information content (AvgIpc) is 3.28. The molecule has 0 aromatic heterocycles. The highest BCUT2D eigenvalue weighted by Crippen LogP contribution is 2.15. The number of esters is 3. The summed E-state index contributed by atoms with van der Waals surface area (Å²) in [7, 11) is 0. The maximum atomic E-state index is 12.8. The van der Waals surface area contributed by atoms with Gasteiger partial charge in [-0.1, -0.05) is 216 Å². The van der Waals surface area contributed by atoms with Crippen molar-refractivity contribution in [3.63, 3.8) is 0 Å². The van der Waals surface area contributed by atoms with Crippen LogP contribution in [0.3, 0.4) is 0 Å². The molecule has 0 radical (unpaired) electrons. The Morgan fingerprint density at radius 2 is 0.619 bits per heavy atom. The number of hydrogen-bond donors (Lipinski definition) is 0. The van der Waals surface area contributed by atoms with E-state index in [0.717, 1.165) is 89.9 Å². The summed E-state index contributed by atoms with van der Waals surface area (Å²) in [5.41, 5.74) is 0. The zero-order chi connectivity index (χ0) is 45.8. The highest BCUT2D eigenvalue weighted by Gasteiger charge is 2.19. The first-order valence-corrected chi connectivity index (χ1v) is 26.4. The van der Waals surface area contributed by atoms with E-state index in [4.69, 9.17) is 14.2 Å². The number of carbonyl (C=O) groups is 3. The second-order valence-electron chi connectivity index (χ2n) is 17.4. The molecule has 0 fully saturated rings. The molecule has 0 aliphatic rings. The third-order valence-electron chi connectivity index (χ3n) is 11.2. The minimum atomic E-state index is -0.798. The van der Waals surface area contributed by atoms with Gasteiger partial charge in [0.2, 0.25) is 0 Å². The topological polar surface area (TPSA) is 78.9 Å². The summed E-state index contributed by atoms with van der Waals surface area (Å²) in [5, 5.41) is 0. The molecule has 6 nitrogen and oxygen atoms in total. The van der Waals surface area contributed by atoms with Crippen LogP contribution in [0.25, 0.3) is 0 Å². The Labute approximate surface area is 389 Å². The fourth-order valence-electron chi connectivity index (χ4n) is 7.23. The van der Waals surface area contributed by atoms with Crippen molar-refractivity contribution in [3.05, 3.63) is 72.9 Å². The monoisotopic (exact) mass is 879 g/mol. The summed E-state index contributed by atoms with van der Waals surface area (Å²) in [6.45, 7) is 6.46. The SMILES string of the molecule is CC/C=C\C/C=C\C/C=C\C/C=C\CCCCC(=O)O[C@H](COC(=O)CCCCCCCCC/C=C\C/C=C\CCCCC)COC(=O)CCCCCCCCCCCCCCC. The summed E-state index contributed by atoms with van der Waals surface area (Å²) in [5.74, 6) is -0.939. The molecule has 0 saturated heterocycles. The number of unbranched alkanes of at least 4 members (excludes halogenated alkanes) is 24. The number of hydrogen-bond acceptors (Lipinski definition) is 6. The molecule has 0 aromatic carbocycles. The number of rotatable bonds is 47. The summed E-state index contributed by atoms with van der Waals surface area (Å²) in [6.07, 6.45) is 64.5. The number of ether oxygens (including phenoxy) is 3. The normalized spacial score (nSPS) is 12.6. The van der Waals surface area contributed by atoms with Gasteiger partial charge in [0, 0.05) is 19.3 Å². The Morgan fingerprint density at radius 1 is 0.333 bits per heavy atom. The molecule has 0 aromatic rings. The Balaban J connectivity index is 4.44.